The quantitative estimate of drug-likeness (QED) is 0.511. The Balaban J connectivity index is 1.72. The van der Waals surface area contributed by atoms with E-state index in [4.69, 9.17) is 10.1 Å². The highest BCUT2D eigenvalue weighted by Crippen LogP contribution is 2.34. The second-order valence-corrected chi connectivity index (χ2v) is 8.98. The minimum atomic E-state index is -0.763. The SMILES string of the molecule is CC(C)c1cc(CN2CCCCC2)cnc1-c1cccc2c(CCC(=O)O)cccc12. The maximum absolute atomic E-state index is 11.1. The van der Waals surface area contributed by atoms with E-state index < -0.39 is 5.97 Å². The molecule has 0 radical (unpaired) electrons. The summed E-state index contributed by atoms with van der Waals surface area (Å²) in [5, 5.41) is 11.4. The largest absolute Gasteiger partial charge is 0.481 e. The summed E-state index contributed by atoms with van der Waals surface area (Å²) in [5.41, 5.74) is 5.81. The monoisotopic (exact) mass is 416 g/mol. The number of carboxylic acids is 1. The second kappa shape index (κ2) is 9.61. The van der Waals surface area contributed by atoms with Crippen LogP contribution in [0.1, 0.15) is 62.1 Å². The number of piperidine rings is 1. The molecule has 0 spiro atoms. The number of aliphatic carboxylic acids is 1. The lowest BCUT2D eigenvalue weighted by Gasteiger charge is -2.27. The molecule has 4 nitrogen and oxygen atoms in total. The van der Waals surface area contributed by atoms with Crippen LogP contribution in [-0.4, -0.2) is 34.0 Å². The number of aryl methyl sites for hydroxylation is 1. The lowest BCUT2D eigenvalue weighted by Crippen LogP contribution is -2.29. The molecule has 2 aromatic carbocycles. The van der Waals surface area contributed by atoms with Crippen LogP contribution >= 0.6 is 0 Å². The highest BCUT2D eigenvalue weighted by molar-refractivity contribution is 5.98. The summed E-state index contributed by atoms with van der Waals surface area (Å²) in [4.78, 5) is 18.6. The van der Waals surface area contributed by atoms with E-state index in [0.29, 0.717) is 12.3 Å². The van der Waals surface area contributed by atoms with Crippen molar-refractivity contribution in [1.29, 1.82) is 0 Å². The number of benzene rings is 2. The smallest absolute Gasteiger partial charge is 0.303 e. The Bertz CT molecular complexity index is 1070. The highest BCUT2D eigenvalue weighted by Gasteiger charge is 2.17. The summed E-state index contributed by atoms with van der Waals surface area (Å²) < 4.78 is 0. The van der Waals surface area contributed by atoms with Gasteiger partial charge in [-0.1, -0.05) is 62.7 Å². The summed E-state index contributed by atoms with van der Waals surface area (Å²) in [6.45, 7) is 7.80. The van der Waals surface area contributed by atoms with E-state index in [0.717, 1.165) is 34.1 Å². The van der Waals surface area contributed by atoms with E-state index in [1.807, 2.05) is 18.3 Å². The van der Waals surface area contributed by atoms with Crippen LogP contribution in [0, 0.1) is 0 Å². The third-order valence-corrected chi connectivity index (χ3v) is 6.33. The van der Waals surface area contributed by atoms with Gasteiger partial charge in [0.05, 0.1) is 5.69 Å². The maximum Gasteiger partial charge on any atom is 0.303 e. The van der Waals surface area contributed by atoms with Gasteiger partial charge in [0, 0.05) is 24.7 Å². The van der Waals surface area contributed by atoms with E-state index in [1.54, 1.807) is 0 Å². The molecular weight excluding hydrogens is 384 g/mol. The summed E-state index contributed by atoms with van der Waals surface area (Å²) >= 11 is 0. The van der Waals surface area contributed by atoms with Crippen LogP contribution in [0.15, 0.2) is 48.7 Å². The summed E-state index contributed by atoms with van der Waals surface area (Å²) in [6, 6.07) is 14.8. The third-order valence-electron chi connectivity index (χ3n) is 6.33. The molecule has 31 heavy (non-hydrogen) atoms. The number of aromatic nitrogens is 1. The van der Waals surface area contributed by atoms with Gasteiger partial charge in [0.25, 0.3) is 0 Å². The van der Waals surface area contributed by atoms with E-state index in [1.165, 1.54) is 43.5 Å². The van der Waals surface area contributed by atoms with Crippen molar-refractivity contribution in [2.75, 3.05) is 13.1 Å². The molecular formula is C27H32N2O2. The topological polar surface area (TPSA) is 53.4 Å². The number of carboxylic acid groups (broad SMARTS) is 1. The number of fused-ring (bicyclic) bond motifs is 1. The third kappa shape index (κ3) is 4.96. The Hall–Kier alpha value is -2.72. The van der Waals surface area contributed by atoms with Crippen molar-refractivity contribution >= 4 is 16.7 Å². The average Bonchev–Trinajstić information content (AvgIpc) is 2.78. The van der Waals surface area contributed by atoms with Crippen LogP contribution in [0.2, 0.25) is 0 Å². The van der Waals surface area contributed by atoms with Gasteiger partial charge in [-0.2, -0.15) is 0 Å². The zero-order valence-electron chi connectivity index (χ0n) is 18.6. The van der Waals surface area contributed by atoms with Gasteiger partial charge in [-0.15, -0.1) is 0 Å². The molecule has 2 heterocycles. The molecule has 0 atom stereocenters. The van der Waals surface area contributed by atoms with Gasteiger partial charge in [-0.05, 0) is 65.7 Å². The Labute approximate surface area is 184 Å². The molecule has 3 aromatic rings. The molecule has 0 amide bonds. The van der Waals surface area contributed by atoms with Crippen LogP contribution in [0.3, 0.4) is 0 Å². The fourth-order valence-electron chi connectivity index (χ4n) is 4.70. The highest BCUT2D eigenvalue weighted by atomic mass is 16.4. The molecule has 1 aromatic heterocycles. The molecule has 4 rings (SSSR count). The Morgan fingerprint density at radius 3 is 2.55 bits per heavy atom. The van der Waals surface area contributed by atoms with Gasteiger partial charge < -0.3 is 5.11 Å². The molecule has 0 unspecified atom stereocenters. The van der Waals surface area contributed by atoms with Crippen molar-refractivity contribution in [3.05, 3.63) is 65.4 Å². The molecule has 1 saturated heterocycles. The Kier molecular flexibility index (Phi) is 6.67. The molecule has 162 valence electrons. The molecule has 1 aliphatic heterocycles. The molecule has 1 aliphatic rings. The first-order valence-electron chi connectivity index (χ1n) is 11.5. The van der Waals surface area contributed by atoms with Gasteiger partial charge in [-0.25, -0.2) is 0 Å². The fourth-order valence-corrected chi connectivity index (χ4v) is 4.70. The van der Waals surface area contributed by atoms with Crippen molar-refractivity contribution in [3.8, 4) is 11.3 Å². The lowest BCUT2D eigenvalue weighted by atomic mass is 9.91. The van der Waals surface area contributed by atoms with Crippen LogP contribution in [-0.2, 0) is 17.8 Å². The maximum atomic E-state index is 11.1. The normalized spacial score (nSPS) is 14.9. The number of carbonyl (C=O) groups is 1. The van der Waals surface area contributed by atoms with Crippen LogP contribution in [0.5, 0.6) is 0 Å². The van der Waals surface area contributed by atoms with Crippen LogP contribution < -0.4 is 0 Å². The van der Waals surface area contributed by atoms with Crippen molar-refractivity contribution in [2.24, 2.45) is 0 Å². The number of pyridine rings is 1. The lowest BCUT2D eigenvalue weighted by molar-refractivity contribution is -0.136. The van der Waals surface area contributed by atoms with Crippen molar-refractivity contribution in [3.63, 3.8) is 0 Å². The number of rotatable bonds is 7. The predicted molar refractivity (Wildman–Crippen MR) is 126 cm³/mol. The Morgan fingerprint density at radius 1 is 1.06 bits per heavy atom. The number of hydrogen-bond acceptors (Lipinski definition) is 3. The minimum Gasteiger partial charge on any atom is -0.481 e. The van der Waals surface area contributed by atoms with Crippen LogP contribution in [0.25, 0.3) is 22.0 Å². The van der Waals surface area contributed by atoms with Gasteiger partial charge in [0.2, 0.25) is 0 Å². The first kappa shape index (κ1) is 21.5. The molecule has 0 aliphatic carbocycles. The van der Waals surface area contributed by atoms with E-state index in [2.05, 4.69) is 49.1 Å². The van der Waals surface area contributed by atoms with Gasteiger partial charge >= 0.3 is 5.97 Å². The second-order valence-electron chi connectivity index (χ2n) is 8.98. The zero-order chi connectivity index (χ0) is 21.8. The van der Waals surface area contributed by atoms with Crippen molar-refractivity contribution in [2.45, 2.75) is 58.4 Å². The minimum absolute atomic E-state index is 0.143. The first-order valence-corrected chi connectivity index (χ1v) is 11.5. The summed E-state index contributed by atoms with van der Waals surface area (Å²) in [5.74, 6) is -0.393. The molecule has 1 fully saturated rings. The van der Waals surface area contributed by atoms with Gasteiger partial charge in [0.1, 0.15) is 0 Å². The Morgan fingerprint density at radius 2 is 1.81 bits per heavy atom. The first-order chi connectivity index (χ1) is 15.0. The summed E-state index contributed by atoms with van der Waals surface area (Å²) in [6.07, 6.45) is 6.66. The van der Waals surface area contributed by atoms with Crippen molar-refractivity contribution < 1.29 is 9.90 Å². The van der Waals surface area contributed by atoms with E-state index in [-0.39, 0.29) is 6.42 Å². The number of hydrogen-bond donors (Lipinski definition) is 1. The fraction of sp³-hybridized carbons (Fsp3) is 0.407. The van der Waals surface area contributed by atoms with Crippen LogP contribution in [0.4, 0.5) is 0 Å². The number of likely N-dealkylation sites (tertiary alicyclic amines) is 1. The summed E-state index contributed by atoms with van der Waals surface area (Å²) in [7, 11) is 0. The standard InChI is InChI=1S/C27H32N2O2/c1-19(2)25-16-20(18-29-14-4-3-5-15-29)17-28-27(25)24-11-7-9-22-21(12-13-26(30)31)8-6-10-23(22)24/h6-11,16-17,19H,3-5,12-15,18H2,1-2H3,(H,30,31). The molecule has 0 saturated carbocycles. The number of nitrogens with zero attached hydrogens (tertiary/aromatic N) is 2. The van der Waals surface area contributed by atoms with Crippen molar-refractivity contribution in [1.82, 2.24) is 9.88 Å². The van der Waals surface area contributed by atoms with Gasteiger partial charge in [-0.3, -0.25) is 14.7 Å². The van der Waals surface area contributed by atoms with E-state index >= 15 is 0 Å². The molecule has 4 heteroatoms. The predicted octanol–water partition coefficient (Wildman–Crippen LogP) is 6.03. The molecule has 0 bridgehead atoms. The average molecular weight is 417 g/mol. The van der Waals surface area contributed by atoms with Gasteiger partial charge in [0.15, 0.2) is 0 Å². The van der Waals surface area contributed by atoms with E-state index in [9.17, 15) is 4.79 Å². The zero-order valence-corrected chi connectivity index (χ0v) is 18.6. The molecule has 1 N–H and O–H groups in total.